The number of rotatable bonds is 11. The van der Waals surface area contributed by atoms with Crippen LogP contribution in [0.25, 0.3) is 11.4 Å². The minimum absolute atomic E-state index is 0.0110. The van der Waals surface area contributed by atoms with Crippen molar-refractivity contribution < 1.29 is 14.3 Å². The maximum absolute atomic E-state index is 12.0. The molecule has 0 atom stereocenters. The van der Waals surface area contributed by atoms with Crippen molar-refractivity contribution in [2.75, 3.05) is 32.6 Å². The maximum atomic E-state index is 12.0. The Morgan fingerprint density at radius 1 is 1.23 bits per heavy atom. The number of carbonyl (C=O) groups is 1. The second kappa shape index (κ2) is 10.8. The Morgan fingerprint density at radius 3 is 2.65 bits per heavy atom. The zero-order chi connectivity index (χ0) is 18.8. The van der Waals surface area contributed by atoms with E-state index in [0.29, 0.717) is 25.5 Å². The highest BCUT2D eigenvalue weighted by Gasteiger charge is 2.14. The van der Waals surface area contributed by atoms with Crippen LogP contribution in [0, 0.1) is 0 Å². The van der Waals surface area contributed by atoms with Gasteiger partial charge in [0.25, 0.3) is 0 Å². The number of aromatic nitrogens is 3. The first-order valence-electron chi connectivity index (χ1n) is 8.74. The van der Waals surface area contributed by atoms with Gasteiger partial charge in [-0.1, -0.05) is 11.8 Å². The van der Waals surface area contributed by atoms with Crippen LogP contribution in [0.1, 0.15) is 20.3 Å². The molecule has 0 saturated heterocycles. The summed E-state index contributed by atoms with van der Waals surface area (Å²) >= 11 is 1.39. The van der Waals surface area contributed by atoms with Gasteiger partial charge in [0.05, 0.1) is 12.9 Å². The standard InChI is InChI=1S/C18H26N4O3S/c1-4-22-17(14-7-9-15(24-3)10-8-14)20-21-18(22)26-13-16(23)19-11-6-12-25-5-2/h7-10H,4-6,11-13H2,1-3H3,(H,19,23). The summed E-state index contributed by atoms with van der Waals surface area (Å²) in [5, 5.41) is 12.2. The van der Waals surface area contributed by atoms with Gasteiger partial charge in [0.15, 0.2) is 11.0 Å². The fraction of sp³-hybridized carbons (Fsp3) is 0.500. The van der Waals surface area contributed by atoms with Crippen molar-refractivity contribution in [2.24, 2.45) is 0 Å². The van der Waals surface area contributed by atoms with Gasteiger partial charge in [-0.2, -0.15) is 0 Å². The molecule has 1 aromatic heterocycles. The number of methoxy groups -OCH3 is 1. The molecule has 0 radical (unpaired) electrons. The van der Waals surface area contributed by atoms with E-state index in [9.17, 15) is 4.79 Å². The fourth-order valence-corrected chi connectivity index (χ4v) is 3.19. The summed E-state index contributed by atoms with van der Waals surface area (Å²) in [4.78, 5) is 12.0. The highest BCUT2D eigenvalue weighted by molar-refractivity contribution is 7.99. The number of hydrogen-bond donors (Lipinski definition) is 1. The average molecular weight is 378 g/mol. The van der Waals surface area contributed by atoms with Crippen molar-refractivity contribution in [1.82, 2.24) is 20.1 Å². The van der Waals surface area contributed by atoms with Crippen molar-refractivity contribution in [3.63, 3.8) is 0 Å². The fourth-order valence-electron chi connectivity index (χ4n) is 2.36. The largest absolute Gasteiger partial charge is 0.497 e. The van der Waals surface area contributed by atoms with Gasteiger partial charge in [-0.15, -0.1) is 10.2 Å². The Labute approximate surface area is 158 Å². The minimum Gasteiger partial charge on any atom is -0.497 e. The molecular formula is C18H26N4O3S. The topological polar surface area (TPSA) is 78.3 Å². The second-order valence-corrected chi connectivity index (χ2v) is 6.41. The highest BCUT2D eigenvalue weighted by atomic mass is 32.2. The third-order valence-electron chi connectivity index (χ3n) is 3.71. The molecule has 1 N–H and O–H groups in total. The average Bonchev–Trinajstić information content (AvgIpc) is 3.09. The summed E-state index contributed by atoms with van der Waals surface area (Å²) in [6.07, 6.45) is 0.816. The monoisotopic (exact) mass is 378 g/mol. The quantitative estimate of drug-likeness (QED) is 0.478. The third kappa shape index (κ3) is 5.74. The first kappa shape index (κ1) is 20.3. The molecule has 1 heterocycles. The lowest BCUT2D eigenvalue weighted by atomic mass is 10.2. The Hall–Kier alpha value is -2.06. The van der Waals surface area contributed by atoms with Crippen LogP contribution in [0.3, 0.4) is 0 Å². The van der Waals surface area contributed by atoms with E-state index in [4.69, 9.17) is 9.47 Å². The maximum Gasteiger partial charge on any atom is 0.230 e. The predicted molar refractivity (Wildman–Crippen MR) is 103 cm³/mol. The lowest BCUT2D eigenvalue weighted by Crippen LogP contribution is -2.27. The molecule has 0 saturated carbocycles. The zero-order valence-corrected chi connectivity index (χ0v) is 16.3. The molecule has 2 rings (SSSR count). The van der Waals surface area contributed by atoms with E-state index >= 15 is 0 Å². The third-order valence-corrected chi connectivity index (χ3v) is 4.67. The van der Waals surface area contributed by atoms with E-state index in [1.54, 1.807) is 7.11 Å². The zero-order valence-electron chi connectivity index (χ0n) is 15.5. The van der Waals surface area contributed by atoms with Crippen LogP contribution >= 0.6 is 11.8 Å². The molecule has 0 aliphatic rings. The second-order valence-electron chi connectivity index (χ2n) is 5.47. The highest BCUT2D eigenvalue weighted by Crippen LogP contribution is 2.25. The lowest BCUT2D eigenvalue weighted by Gasteiger charge is -2.08. The number of thioether (sulfide) groups is 1. The number of ether oxygens (including phenoxy) is 2. The Kier molecular flexibility index (Phi) is 8.43. The summed E-state index contributed by atoms with van der Waals surface area (Å²) in [5.74, 6) is 1.89. The first-order chi connectivity index (χ1) is 12.7. The molecule has 0 bridgehead atoms. The molecule has 0 spiro atoms. The molecular weight excluding hydrogens is 352 g/mol. The van der Waals surface area contributed by atoms with Gasteiger partial charge in [0.2, 0.25) is 5.91 Å². The lowest BCUT2D eigenvalue weighted by molar-refractivity contribution is -0.118. The van der Waals surface area contributed by atoms with Gasteiger partial charge >= 0.3 is 0 Å². The summed E-state index contributed by atoms with van der Waals surface area (Å²) in [6.45, 7) is 6.71. The molecule has 142 valence electrons. The summed E-state index contributed by atoms with van der Waals surface area (Å²) in [6, 6.07) is 7.70. The van der Waals surface area contributed by atoms with Crippen LogP contribution in [-0.4, -0.2) is 53.3 Å². The van der Waals surface area contributed by atoms with Crippen LogP contribution in [0.4, 0.5) is 0 Å². The van der Waals surface area contributed by atoms with Crippen LogP contribution in [-0.2, 0) is 16.1 Å². The Balaban J connectivity index is 1.91. The van der Waals surface area contributed by atoms with Crippen LogP contribution in [0.15, 0.2) is 29.4 Å². The minimum atomic E-state index is -0.0110. The van der Waals surface area contributed by atoms with E-state index in [1.165, 1.54) is 11.8 Å². The van der Waals surface area contributed by atoms with Crippen molar-refractivity contribution in [3.05, 3.63) is 24.3 Å². The van der Waals surface area contributed by atoms with E-state index in [0.717, 1.165) is 35.3 Å². The van der Waals surface area contributed by atoms with E-state index in [2.05, 4.69) is 15.5 Å². The molecule has 2 aromatic rings. The summed E-state index contributed by atoms with van der Waals surface area (Å²) < 4.78 is 12.4. The molecule has 1 aromatic carbocycles. The number of benzene rings is 1. The molecule has 0 aliphatic carbocycles. The van der Waals surface area contributed by atoms with Crippen LogP contribution in [0.2, 0.25) is 0 Å². The van der Waals surface area contributed by atoms with Gasteiger partial charge in [-0.3, -0.25) is 4.79 Å². The Morgan fingerprint density at radius 2 is 2.00 bits per heavy atom. The molecule has 1 amide bonds. The SMILES string of the molecule is CCOCCCNC(=O)CSc1nnc(-c2ccc(OC)cc2)n1CC. The number of nitrogens with one attached hydrogen (secondary N) is 1. The molecule has 8 heteroatoms. The molecule has 0 aliphatic heterocycles. The Bertz CT molecular complexity index is 688. The van der Waals surface area contributed by atoms with E-state index < -0.39 is 0 Å². The van der Waals surface area contributed by atoms with Gasteiger partial charge in [0, 0.05) is 31.9 Å². The molecule has 0 unspecified atom stereocenters. The van der Waals surface area contributed by atoms with Crippen LogP contribution < -0.4 is 10.1 Å². The van der Waals surface area contributed by atoms with Gasteiger partial charge < -0.3 is 19.4 Å². The smallest absolute Gasteiger partial charge is 0.230 e. The summed E-state index contributed by atoms with van der Waals surface area (Å²) in [7, 11) is 1.64. The van der Waals surface area contributed by atoms with Crippen molar-refractivity contribution in [1.29, 1.82) is 0 Å². The van der Waals surface area contributed by atoms with Crippen molar-refractivity contribution >= 4 is 17.7 Å². The molecule has 0 fully saturated rings. The van der Waals surface area contributed by atoms with E-state index in [-0.39, 0.29) is 5.91 Å². The molecule has 7 nitrogen and oxygen atoms in total. The normalized spacial score (nSPS) is 10.7. The van der Waals surface area contributed by atoms with Crippen LogP contribution in [0.5, 0.6) is 5.75 Å². The molecule has 26 heavy (non-hydrogen) atoms. The summed E-state index contributed by atoms with van der Waals surface area (Å²) in [5.41, 5.74) is 0.965. The number of amides is 1. The van der Waals surface area contributed by atoms with Gasteiger partial charge in [-0.25, -0.2) is 0 Å². The van der Waals surface area contributed by atoms with Crippen molar-refractivity contribution in [3.8, 4) is 17.1 Å². The van der Waals surface area contributed by atoms with Crippen molar-refractivity contribution in [2.45, 2.75) is 32.0 Å². The van der Waals surface area contributed by atoms with Gasteiger partial charge in [-0.05, 0) is 44.5 Å². The van der Waals surface area contributed by atoms with E-state index in [1.807, 2.05) is 42.7 Å². The van der Waals surface area contributed by atoms with Gasteiger partial charge in [0.1, 0.15) is 5.75 Å². The first-order valence-corrected chi connectivity index (χ1v) is 9.73. The predicted octanol–water partition coefficient (Wildman–Crippen LogP) is 2.61. The number of nitrogens with zero attached hydrogens (tertiary/aromatic N) is 3. The number of hydrogen-bond acceptors (Lipinski definition) is 6. The number of carbonyl (C=O) groups excluding carboxylic acids is 1.